The maximum Gasteiger partial charge on any atom is 0.224 e. The van der Waals surface area contributed by atoms with Gasteiger partial charge in [-0.3, -0.25) is 4.79 Å². The highest BCUT2D eigenvalue weighted by Gasteiger charge is 2.16. The summed E-state index contributed by atoms with van der Waals surface area (Å²) in [4.78, 5) is 12.1. The molecule has 0 saturated carbocycles. The number of rotatable bonds is 8. The maximum atomic E-state index is 12.1. The van der Waals surface area contributed by atoms with Gasteiger partial charge < -0.3 is 19.2 Å². The van der Waals surface area contributed by atoms with Crippen LogP contribution in [0.3, 0.4) is 0 Å². The van der Waals surface area contributed by atoms with E-state index in [1.807, 2.05) is 68.4 Å². The number of ether oxygens (including phenoxy) is 2. The average Bonchev–Trinajstić information content (AvgIpc) is 3.08. The fraction of sp³-hybridized carbons (Fsp3) is 0.286. The van der Waals surface area contributed by atoms with Crippen molar-refractivity contribution in [3.05, 3.63) is 60.4 Å². The highest BCUT2D eigenvalue weighted by Crippen LogP contribution is 2.31. The molecule has 0 radical (unpaired) electrons. The minimum absolute atomic E-state index is 0.0843. The summed E-state index contributed by atoms with van der Waals surface area (Å²) in [6.45, 7) is 4.73. The van der Waals surface area contributed by atoms with Gasteiger partial charge in [0.25, 0.3) is 0 Å². The Morgan fingerprint density at radius 2 is 1.92 bits per heavy atom. The van der Waals surface area contributed by atoms with E-state index in [0.717, 1.165) is 11.1 Å². The second-order valence-electron chi connectivity index (χ2n) is 5.96. The van der Waals surface area contributed by atoms with E-state index in [-0.39, 0.29) is 18.4 Å². The molecule has 3 aromatic rings. The van der Waals surface area contributed by atoms with Gasteiger partial charge in [-0.1, -0.05) is 30.3 Å². The summed E-state index contributed by atoms with van der Waals surface area (Å²) < 4.78 is 17.1. The number of nitrogens with one attached hydrogen (secondary N) is 1. The summed E-state index contributed by atoms with van der Waals surface area (Å²) in [5.41, 5.74) is 0.706. The number of fused-ring (bicyclic) bond motifs is 1. The zero-order valence-corrected chi connectivity index (χ0v) is 15.0. The summed E-state index contributed by atoms with van der Waals surface area (Å²) in [5, 5.41) is 3.90. The van der Waals surface area contributed by atoms with Gasteiger partial charge in [-0.25, -0.2) is 0 Å². The van der Waals surface area contributed by atoms with Crippen LogP contribution >= 0.6 is 0 Å². The lowest BCUT2D eigenvalue weighted by molar-refractivity contribution is -0.122. The van der Waals surface area contributed by atoms with Crippen LogP contribution in [0.1, 0.15) is 32.1 Å². The van der Waals surface area contributed by atoms with Crippen molar-refractivity contribution >= 4 is 16.9 Å². The Morgan fingerprint density at radius 3 is 2.69 bits per heavy atom. The molecule has 2 aromatic carbocycles. The van der Waals surface area contributed by atoms with Gasteiger partial charge in [-0.2, -0.15) is 0 Å². The molecule has 0 bridgehead atoms. The fourth-order valence-electron chi connectivity index (χ4n) is 2.70. The molecule has 1 amide bonds. The summed E-state index contributed by atoms with van der Waals surface area (Å²) in [5.74, 6) is 2.09. The second kappa shape index (κ2) is 8.43. The van der Waals surface area contributed by atoms with Crippen molar-refractivity contribution in [1.29, 1.82) is 0 Å². The van der Waals surface area contributed by atoms with Crippen LogP contribution in [-0.4, -0.2) is 19.1 Å². The molecule has 5 nitrogen and oxygen atoms in total. The van der Waals surface area contributed by atoms with Gasteiger partial charge in [0.1, 0.15) is 11.5 Å². The Balaban J connectivity index is 1.57. The SMILES string of the molecule is CCOc1cccc2cc(C(C)NC(=O)CCOc3ccccc3)oc12. The van der Waals surface area contributed by atoms with Crippen LogP contribution in [0.25, 0.3) is 11.0 Å². The molecule has 1 N–H and O–H groups in total. The first-order chi connectivity index (χ1) is 12.7. The van der Waals surface area contributed by atoms with E-state index >= 15 is 0 Å². The number of carbonyl (C=O) groups is 1. The van der Waals surface area contributed by atoms with Crippen molar-refractivity contribution in [1.82, 2.24) is 5.32 Å². The van der Waals surface area contributed by atoms with Crippen LogP contribution in [0.15, 0.2) is 59.0 Å². The third kappa shape index (κ3) is 4.36. The van der Waals surface area contributed by atoms with Gasteiger partial charge >= 0.3 is 0 Å². The van der Waals surface area contributed by atoms with Crippen molar-refractivity contribution in [2.24, 2.45) is 0 Å². The number of amides is 1. The molecule has 136 valence electrons. The molecule has 1 unspecified atom stereocenters. The molecule has 3 rings (SSSR count). The van der Waals surface area contributed by atoms with E-state index in [4.69, 9.17) is 13.9 Å². The number of benzene rings is 2. The van der Waals surface area contributed by atoms with Crippen molar-refractivity contribution in [2.45, 2.75) is 26.3 Å². The molecule has 1 heterocycles. The zero-order chi connectivity index (χ0) is 18.4. The third-order valence-electron chi connectivity index (χ3n) is 3.97. The molecule has 0 fully saturated rings. The summed E-state index contributed by atoms with van der Waals surface area (Å²) in [6, 6.07) is 16.9. The van der Waals surface area contributed by atoms with Crippen LogP contribution in [0.5, 0.6) is 11.5 Å². The first-order valence-electron chi connectivity index (χ1n) is 8.80. The number of carbonyl (C=O) groups excluding carboxylic acids is 1. The molecule has 1 aromatic heterocycles. The van der Waals surface area contributed by atoms with Gasteiger partial charge in [-0.15, -0.1) is 0 Å². The monoisotopic (exact) mass is 353 g/mol. The summed E-state index contributed by atoms with van der Waals surface area (Å²) in [7, 11) is 0. The molecule has 0 spiro atoms. The predicted octanol–water partition coefficient (Wildman–Crippen LogP) is 4.48. The Kier molecular flexibility index (Phi) is 5.79. The Morgan fingerprint density at radius 1 is 1.12 bits per heavy atom. The molecule has 26 heavy (non-hydrogen) atoms. The standard InChI is InChI=1S/C21H23NO4/c1-3-24-18-11-7-8-16-14-19(26-21(16)18)15(2)22-20(23)12-13-25-17-9-5-4-6-10-17/h4-11,14-15H,3,12-13H2,1-2H3,(H,22,23). The van der Waals surface area contributed by atoms with Crippen molar-refractivity contribution in [3.63, 3.8) is 0 Å². The third-order valence-corrected chi connectivity index (χ3v) is 3.97. The molecule has 0 aliphatic rings. The van der Waals surface area contributed by atoms with E-state index in [2.05, 4.69) is 5.32 Å². The first kappa shape index (κ1) is 17.9. The highest BCUT2D eigenvalue weighted by molar-refractivity contribution is 5.84. The van der Waals surface area contributed by atoms with Crippen LogP contribution < -0.4 is 14.8 Å². The lowest BCUT2D eigenvalue weighted by atomic mass is 10.2. The summed E-state index contributed by atoms with van der Waals surface area (Å²) >= 11 is 0. The number of furan rings is 1. The lowest BCUT2D eigenvalue weighted by Crippen LogP contribution is -2.27. The number of hydrogen-bond donors (Lipinski definition) is 1. The average molecular weight is 353 g/mol. The normalized spacial score (nSPS) is 11.9. The van der Waals surface area contributed by atoms with E-state index in [0.29, 0.717) is 30.3 Å². The molecule has 0 saturated heterocycles. The van der Waals surface area contributed by atoms with E-state index in [9.17, 15) is 4.79 Å². The topological polar surface area (TPSA) is 60.7 Å². The van der Waals surface area contributed by atoms with Gasteiger partial charge in [0, 0.05) is 5.39 Å². The van der Waals surface area contributed by atoms with E-state index < -0.39 is 0 Å². The molecular weight excluding hydrogens is 330 g/mol. The molecule has 0 aliphatic heterocycles. The van der Waals surface area contributed by atoms with Gasteiger partial charge in [0.2, 0.25) is 5.91 Å². The van der Waals surface area contributed by atoms with E-state index in [1.165, 1.54) is 0 Å². The van der Waals surface area contributed by atoms with Gasteiger partial charge in [-0.05, 0) is 38.1 Å². The first-order valence-corrected chi connectivity index (χ1v) is 8.80. The smallest absolute Gasteiger partial charge is 0.224 e. The van der Waals surface area contributed by atoms with Crippen LogP contribution in [0, 0.1) is 0 Å². The van der Waals surface area contributed by atoms with Crippen molar-refractivity contribution in [2.75, 3.05) is 13.2 Å². The van der Waals surface area contributed by atoms with Crippen molar-refractivity contribution in [3.8, 4) is 11.5 Å². The van der Waals surface area contributed by atoms with Gasteiger partial charge in [0.05, 0.1) is 25.7 Å². The minimum atomic E-state index is -0.235. The Hall–Kier alpha value is -2.95. The highest BCUT2D eigenvalue weighted by atomic mass is 16.5. The lowest BCUT2D eigenvalue weighted by Gasteiger charge is -2.12. The fourth-order valence-corrected chi connectivity index (χ4v) is 2.70. The Labute approximate surface area is 152 Å². The number of hydrogen-bond acceptors (Lipinski definition) is 4. The molecule has 0 aliphatic carbocycles. The number of para-hydroxylation sites is 2. The van der Waals surface area contributed by atoms with Crippen LogP contribution in [-0.2, 0) is 4.79 Å². The van der Waals surface area contributed by atoms with E-state index in [1.54, 1.807) is 0 Å². The minimum Gasteiger partial charge on any atom is -0.493 e. The summed E-state index contributed by atoms with van der Waals surface area (Å²) in [6.07, 6.45) is 0.281. The van der Waals surface area contributed by atoms with Crippen molar-refractivity contribution < 1.29 is 18.7 Å². The van der Waals surface area contributed by atoms with Crippen LogP contribution in [0.2, 0.25) is 0 Å². The molecule has 5 heteroatoms. The van der Waals surface area contributed by atoms with Gasteiger partial charge in [0.15, 0.2) is 11.3 Å². The zero-order valence-electron chi connectivity index (χ0n) is 15.0. The molecule has 1 atom stereocenters. The quantitative estimate of drug-likeness (QED) is 0.649. The molecular formula is C21H23NO4. The largest absolute Gasteiger partial charge is 0.493 e. The Bertz CT molecular complexity index is 857. The van der Waals surface area contributed by atoms with Crippen LogP contribution in [0.4, 0.5) is 0 Å². The second-order valence-corrected chi connectivity index (χ2v) is 5.96. The predicted molar refractivity (Wildman–Crippen MR) is 100 cm³/mol. The maximum absolute atomic E-state index is 12.1.